The van der Waals surface area contributed by atoms with E-state index in [0.717, 1.165) is 55.2 Å². The quantitative estimate of drug-likeness (QED) is 0.249. The lowest BCUT2D eigenvalue weighted by Gasteiger charge is -2.38. The molecule has 186 valence electrons. The number of nitrogens with one attached hydrogen (secondary N) is 1. The number of hydrogen-bond donors (Lipinski definition) is 2. The molecule has 1 fully saturated rings. The van der Waals surface area contributed by atoms with Crippen molar-refractivity contribution in [1.82, 2.24) is 5.01 Å². The van der Waals surface area contributed by atoms with Crippen LogP contribution in [0.4, 0.5) is 5.69 Å². The smallest absolute Gasteiger partial charge is 0.208 e. The highest BCUT2D eigenvalue weighted by Gasteiger charge is 2.25. The minimum Gasteiger partial charge on any atom is -0.383 e. The summed E-state index contributed by atoms with van der Waals surface area (Å²) in [5.74, 6) is -0.130. The lowest BCUT2D eigenvalue weighted by atomic mass is 10.00. The second kappa shape index (κ2) is 10.7. The van der Waals surface area contributed by atoms with Gasteiger partial charge in [0.25, 0.3) is 0 Å². The molecular weight excluding hydrogens is 501 g/mol. The predicted molar refractivity (Wildman–Crippen MR) is 145 cm³/mol. The molecule has 1 saturated heterocycles. The van der Waals surface area contributed by atoms with Crippen molar-refractivity contribution >= 4 is 44.5 Å². The van der Waals surface area contributed by atoms with E-state index in [1.807, 2.05) is 12.3 Å². The van der Waals surface area contributed by atoms with Gasteiger partial charge in [-0.05, 0) is 67.1 Å². The van der Waals surface area contributed by atoms with Crippen molar-refractivity contribution in [3.63, 3.8) is 0 Å². The van der Waals surface area contributed by atoms with Gasteiger partial charge in [-0.25, -0.2) is 13.4 Å². The van der Waals surface area contributed by atoms with Gasteiger partial charge in [0.15, 0.2) is 0 Å². The lowest BCUT2D eigenvalue weighted by molar-refractivity contribution is 0.0322. The number of hydrazine groups is 1. The van der Waals surface area contributed by atoms with Crippen molar-refractivity contribution in [2.75, 3.05) is 44.1 Å². The summed E-state index contributed by atoms with van der Waals surface area (Å²) >= 11 is 2.57. The maximum absolute atomic E-state index is 13.5. The first-order chi connectivity index (χ1) is 16.8. The van der Waals surface area contributed by atoms with Crippen LogP contribution < -0.4 is 10.7 Å². The molecule has 35 heavy (non-hydrogen) atoms. The molecule has 3 aromatic rings. The van der Waals surface area contributed by atoms with Crippen LogP contribution in [0.2, 0.25) is 0 Å². The average molecular weight is 531 g/mol. The second-order valence-electron chi connectivity index (χ2n) is 8.19. The van der Waals surface area contributed by atoms with Crippen molar-refractivity contribution in [3.8, 4) is 11.1 Å². The average Bonchev–Trinajstić information content (AvgIpc) is 3.31. The van der Waals surface area contributed by atoms with E-state index in [9.17, 15) is 8.42 Å². The number of benzene rings is 2. The molecular formula is C25H30N4O3S3. The number of thiophene rings is 1. The summed E-state index contributed by atoms with van der Waals surface area (Å²) in [4.78, 5) is 0.884. The Labute approximate surface area is 215 Å². The molecule has 0 spiro atoms. The Kier molecular flexibility index (Phi) is 7.87. The number of nitrogens with two attached hydrogens (primary N) is 1. The van der Waals surface area contributed by atoms with Crippen molar-refractivity contribution in [1.29, 1.82) is 5.41 Å². The molecule has 1 aliphatic rings. The van der Waals surface area contributed by atoms with Crippen LogP contribution >= 0.6 is 23.1 Å². The van der Waals surface area contributed by atoms with Crippen molar-refractivity contribution in [3.05, 3.63) is 59.0 Å². The van der Waals surface area contributed by atoms with Gasteiger partial charge in [0.1, 0.15) is 5.84 Å². The monoisotopic (exact) mass is 530 g/mol. The fourth-order valence-electron chi connectivity index (χ4n) is 4.25. The number of hydrogen-bond acceptors (Lipinski definition) is 8. The largest absolute Gasteiger partial charge is 0.383 e. The third-order valence-corrected chi connectivity index (χ3v) is 10.3. The van der Waals surface area contributed by atoms with Crippen LogP contribution in [0.15, 0.2) is 62.5 Å². The zero-order valence-corrected chi connectivity index (χ0v) is 22.5. The van der Waals surface area contributed by atoms with Crippen LogP contribution in [0.5, 0.6) is 0 Å². The van der Waals surface area contributed by atoms with Crippen LogP contribution in [-0.2, 0) is 14.6 Å². The number of ether oxygens (including phenoxy) is 1. The highest BCUT2D eigenvalue weighted by molar-refractivity contribution is 8.01. The van der Waals surface area contributed by atoms with E-state index < -0.39 is 9.84 Å². The van der Waals surface area contributed by atoms with E-state index in [1.165, 1.54) is 29.2 Å². The van der Waals surface area contributed by atoms with Gasteiger partial charge < -0.3 is 15.5 Å². The topological polar surface area (TPSA) is 99.7 Å². The fraction of sp³-hybridized carbons (Fsp3) is 0.320. The van der Waals surface area contributed by atoms with E-state index >= 15 is 0 Å². The van der Waals surface area contributed by atoms with Gasteiger partial charge in [0, 0.05) is 19.6 Å². The van der Waals surface area contributed by atoms with E-state index in [-0.39, 0.29) is 15.6 Å². The van der Waals surface area contributed by atoms with Gasteiger partial charge in [0.05, 0.1) is 37.8 Å². The number of nitrogens with zero attached hydrogens (tertiary/aromatic N) is 2. The summed E-state index contributed by atoms with van der Waals surface area (Å²) in [6, 6.07) is 14.9. The van der Waals surface area contributed by atoms with Crippen molar-refractivity contribution in [2.45, 2.75) is 27.8 Å². The molecule has 0 amide bonds. The molecule has 7 nitrogen and oxygen atoms in total. The Morgan fingerprint density at radius 2 is 1.94 bits per heavy atom. The standard InChI is InChI=1S/C25H30N4O3S3/c1-4-29(28-10-12-32-13-11-28)19-8-9-21(17(2)14-19)18-6-5-7-20(15-18)35(30,31)23-16-22(24(26)27)34-25(23)33-3/h5-9,14-16H,4,10-13H2,1-3H3,(H3,26,27). The number of anilines is 1. The molecule has 1 aromatic heterocycles. The summed E-state index contributed by atoms with van der Waals surface area (Å²) in [5.41, 5.74) is 9.63. The van der Waals surface area contributed by atoms with Crippen molar-refractivity contribution < 1.29 is 13.2 Å². The number of sulfone groups is 1. The fourth-order valence-corrected chi connectivity index (χ4v) is 8.15. The third kappa shape index (κ3) is 5.26. The van der Waals surface area contributed by atoms with Gasteiger partial charge >= 0.3 is 0 Å². The molecule has 1 aliphatic heterocycles. The Morgan fingerprint density at radius 1 is 1.20 bits per heavy atom. The Bertz CT molecular complexity index is 1330. The molecule has 0 unspecified atom stereocenters. The molecule has 0 bridgehead atoms. The predicted octanol–water partition coefficient (Wildman–Crippen LogP) is 4.64. The minimum atomic E-state index is -3.77. The van der Waals surface area contributed by atoms with Crippen LogP contribution in [-0.4, -0.2) is 58.4 Å². The Balaban J connectivity index is 1.68. The van der Waals surface area contributed by atoms with Crippen LogP contribution in [0.3, 0.4) is 0 Å². The highest BCUT2D eigenvalue weighted by atomic mass is 32.2. The van der Waals surface area contributed by atoms with Crippen molar-refractivity contribution in [2.24, 2.45) is 5.73 Å². The van der Waals surface area contributed by atoms with Gasteiger partial charge in [-0.3, -0.25) is 5.41 Å². The van der Waals surface area contributed by atoms with Crippen LogP contribution in [0, 0.1) is 12.3 Å². The molecule has 0 radical (unpaired) electrons. The summed E-state index contributed by atoms with van der Waals surface area (Å²) in [6.07, 6.45) is 1.83. The summed E-state index contributed by atoms with van der Waals surface area (Å²) in [6.45, 7) is 8.22. The van der Waals surface area contributed by atoms with Gasteiger partial charge in [-0.1, -0.05) is 18.2 Å². The summed E-state index contributed by atoms with van der Waals surface area (Å²) in [7, 11) is -3.77. The van der Waals surface area contributed by atoms with E-state index in [1.54, 1.807) is 18.2 Å². The Morgan fingerprint density at radius 3 is 2.57 bits per heavy atom. The SMILES string of the molecule is CCN(c1ccc(-c2cccc(S(=O)(=O)c3cc(C(=N)N)sc3SC)c2)c(C)c1)N1CCOCC1. The Hall–Kier alpha value is -2.37. The van der Waals surface area contributed by atoms with Gasteiger partial charge in [-0.15, -0.1) is 23.1 Å². The van der Waals surface area contributed by atoms with E-state index in [2.05, 4.69) is 42.1 Å². The normalized spacial score (nSPS) is 14.7. The van der Waals surface area contributed by atoms with Crippen LogP contribution in [0.25, 0.3) is 11.1 Å². The first-order valence-corrected chi connectivity index (χ1v) is 14.9. The third-order valence-electron chi connectivity index (χ3n) is 6.00. The summed E-state index contributed by atoms with van der Waals surface area (Å²) < 4.78 is 33.2. The number of thioether (sulfide) groups is 1. The number of amidine groups is 1. The van der Waals surface area contributed by atoms with Gasteiger partial charge in [-0.2, -0.15) is 0 Å². The van der Waals surface area contributed by atoms with E-state index in [0.29, 0.717) is 9.09 Å². The molecule has 0 saturated carbocycles. The lowest BCUT2D eigenvalue weighted by Crippen LogP contribution is -2.49. The minimum absolute atomic E-state index is 0.130. The number of nitrogen functional groups attached to an aromatic ring is 1. The van der Waals surface area contributed by atoms with Gasteiger partial charge in [0.2, 0.25) is 9.84 Å². The molecule has 0 atom stereocenters. The van der Waals surface area contributed by atoms with E-state index in [4.69, 9.17) is 15.9 Å². The number of aryl methyl sites for hydroxylation is 1. The highest BCUT2D eigenvalue weighted by Crippen LogP contribution is 2.38. The zero-order valence-electron chi connectivity index (χ0n) is 20.1. The van der Waals surface area contributed by atoms with Crippen LogP contribution in [0.1, 0.15) is 17.4 Å². The number of morpholine rings is 1. The summed E-state index contributed by atoms with van der Waals surface area (Å²) in [5, 5.41) is 12.3. The molecule has 3 N–H and O–H groups in total. The molecule has 2 aromatic carbocycles. The first-order valence-electron chi connectivity index (χ1n) is 11.3. The molecule has 2 heterocycles. The molecule has 4 rings (SSSR count). The first kappa shape index (κ1) is 25.7. The molecule has 10 heteroatoms. The second-order valence-corrected chi connectivity index (χ2v) is 12.2. The molecule has 0 aliphatic carbocycles. The zero-order chi connectivity index (χ0) is 25.2. The maximum atomic E-state index is 13.5. The maximum Gasteiger partial charge on any atom is 0.208 e. The number of rotatable bonds is 8.